The van der Waals surface area contributed by atoms with Crippen LogP contribution in [0.3, 0.4) is 0 Å². The lowest BCUT2D eigenvalue weighted by Gasteiger charge is -2.07. The van der Waals surface area contributed by atoms with Gasteiger partial charge in [-0.15, -0.1) is 11.3 Å². The van der Waals surface area contributed by atoms with Gasteiger partial charge >= 0.3 is 11.9 Å². The van der Waals surface area contributed by atoms with Crippen LogP contribution in [0.15, 0.2) is 42.7 Å². The third-order valence-electron chi connectivity index (χ3n) is 3.47. The maximum Gasteiger partial charge on any atom is 0.348 e. The first kappa shape index (κ1) is 17.0. The number of fused-ring (bicyclic) bond motifs is 1. The van der Waals surface area contributed by atoms with Crippen molar-refractivity contribution in [3.05, 3.63) is 64.5 Å². The highest BCUT2D eigenvalue weighted by atomic mass is 32.1. The smallest absolute Gasteiger partial charge is 0.348 e. The highest BCUT2D eigenvalue weighted by molar-refractivity contribution is 7.21. The monoisotopic (exact) mass is 359 g/mol. The molecule has 0 N–H and O–H groups in total. The summed E-state index contributed by atoms with van der Waals surface area (Å²) >= 11 is 1.12. The van der Waals surface area contributed by atoms with Gasteiger partial charge in [0, 0.05) is 28.0 Å². The molecule has 2 heterocycles. The van der Waals surface area contributed by atoms with E-state index in [1.807, 2.05) is 0 Å². The zero-order chi connectivity index (χ0) is 17.8. The highest BCUT2D eigenvalue weighted by Crippen LogP contribution is 2.34. The number of carbonyl (C=O) groups excluding carboxylic acids is 2. The standard InChI is InChI=1S/C18H14FNO4S/c1-2-23-18(22)16-12(15-13(19)6-3-7-14(15)25-16)10-24-17(21)11-5-4-8-20-9-11/h3-9H,2,10H2,1H3. The fourth-order valence-electron chi connectivity index (χ4n) is 2.37. The molecule has 0 aliphatic rings. The zero-order valence-corrected chi connectivity index (χ0v) is 14.1. The van der Waals surface area contributed by atoms with Crippen LogP contribution < -0.4 is 0 Å². The number of hydrogen-bond donors (Lipinski definition) is 0. The third-order valence-corrected chi connectivity index (χ3v) is 4.65. The lowest BCUT2D eigenvalue weighted by Crippen LogP contribution is -2.09. The minimum atomic E-state index is -0.599. The number of rotatable bonds is 5. The summed E-state index contributed by atoms with van der Waals surface area (Å²) in [5, 5.41) is 0.273. The van der Waals surface area contributed by atoms with Crippen LogP contribution in [0.4, 0.5) is 4.39 Å². The first-order valence-electron chi connectivity index (χ1n) is 7.56. The Morgan fingerprint density at radius 1 is 1.16 bits per heavy atom. The van der Waals surface area contributed by atoms with Crippen molar-refractivity contribution >= 4 is 33.4 Å². The number of carbonyl (C=O) groups is 2. The van der Waals surface area contributed by atoms with E-state index in [4.69, 9.17) is 9.47 Å². The van der Waals surface area contributed by atoms with Gasteiger partial charge in [-0.05, 0) is 31.2 Å². The first-order valence-corrected chi connectivity index (χ1v) is 8.37. The van der Waals surface area contributed by atoms with Gasteiger partial charge in [0.2, 0.25) is 0 Å². The molecule has 0 spiro atoms. The van der Waals surface area contributed by atoms with Crippen LogP contribution in [0.1, 0.15) is 32.5 Å². The first-order chi connectivity index (χ1) is 12.1. The van der Waals surface area contributed by atoms with Crippen molar-refractivity contribution in [2.45, 2.75) is 13.5 Å². The van der Waals surface area contributed by atoms with E-state index in [0.29, 0.717) is 10.3 Å². The Bertz CT molecular complexity index is 923. The average molecular weight is 359 g/mol. The quantitative estimate of drug-likeness (QED) is 0.645. The molecule has 128 valence electrons. The van der Waals surface area contributed by atoms with Crippen molar-refractivity contribution in [3.8, 4) is 0 Å². The Balaban J connectivity index is 1.94. The summed E-state index contributed by atoms with van der Waals surface area (Å²) in [6.07, 6.45) is 2.91. The maximum atomic E-state index is 14.3. The second-order valence-electron chi connectivity index (χ2n) is 5.06. The molecule has 25 heavy (non-hydrogen) atoms. The molecule has 0 aliphatic heterocycles. The van der Waals surface area contributed by atoms with Crippen LogP contribution in [0.5, 0.6) is 0 Å². The van der Waals surface area contributed by atoms with E-state index in [2.05, 4.69) is 4.98 Å². The molecule has 0 fully saturated rings. The molecular formula is C18H14FNO4S. The molecule has 0 amide bonds. The predicted molar refractivity (Wildman–Crippen MR) is 91.1 cm³/mol. The number of hydrogen-bond acceptors (Lipinski definition) is 6. The lowest BCUT2D eigenvalue weighted by atomic mass is 10.1. The van der Waals surface area contributed by atoms with Crippen molar-refractivity contribution in [1.82, 2.24) is 4.98 Å². The minimum absolute atomic E-state index is 0.199. The van der Waals surface area contributed by atoms with Crippen LogP contribution in [0.2, 0.25) is 0 Å². The van der Waals surface area contributed by atoms with E-state index >= 15 is 0 Å². The van der Waals surface area contributed by atoms with Gasteiger partial charge in [0.15, 0.2) is 0 Å². The van der Waals surface area contributed by atoms with Gasteiger partial charge < -0.3 is 9.47 Å². The van der Waals surface area contributed by atoms with Gasteiger partial charge in [-0.2, -0.15) is 0 Å². The number of halogens is 1. The van der Waals surface area contributed by atoms with Crippen LogP contribution in [-0.4, -0.2) is 23.5 Å². The Hall–Kier alpha value is -2.80. The molecule has 0 bridgehead atoms. The predicted octanol–water partition coefficient (Wildman–Crippen LogP) is 3.97. The summed E-state index contributed by atoms with van der Waals surface area (Å²) in [5.74, 6) is -1.63. The molecule has 0 saturated carbocycles. The number of aromatic nitrogens is 1. The fraction of sp³-hybridized carbons (Fsp3) is 0.167. The van der Waals surface area contributed by atoms with Crippen LogP contribution >= 0.6 is 11.3 Å². The van der Waals surface area contributed by atoms with E-state index in [1.165, 1.54) is 18.5 Å². The summed E-state index contributed by atoms with van der Waals surface area (Å²) in [6.45, 7) is 1.65. The summed E-state index contributed by atoms with van der Waals surface area (Å²) in [7, 11) is 0. The minimum Gasteiger partial charge on any atom is -0.462 e. The largest absolute Gasteiger partial charge is 0.462 e. The molecule has 2 aromatic heterocycles. The number of esters is 2. The lowest BCUT2D eigenvalue weighted by molar-refractivity contribution is 0.0454. The van der Waals surface area contributed by atoms with Gasteiger partial charge in [-0.1, -0.05) is 6.07 Å². The molecule has 0 saturated heterocycles. The average Bonchev–Trinajstić information content (AvgIpc) is 3.01. The summed E-state index contributed by atoms with van der Waals surface area (Å²) in [4.78, 5) is 28.4. The number of benzene rings is 1. The van der Waals surface area contributed by atoms with Gasteiger partial charge in [-0.25, -0.2) is 14.0 Å². The van der Waals surface area contributed by atoms with Crippen LogP contribution in [-0.2, 0) is 16.1 Å². The van der Waals surface area contributed by atoms with Gasteiger partial charge in [0.25, 0.3) is 0 Å². The van der Waals surface area contributed by atoms with E-state index in [9.17, 15) is 14.0 Å². The Morgan fingerprint density at radius 2 is 2.00 bits per heavy atom. The molecule has 3 rings (SSSR count). The van der Waals surface area contributed by atoms with E-state index in [-0.39, 0.29) is 29.0 Å². The number of ether oxygens (including phenoxy) is 2. The van der Waals surface area contributed by atoms with Crippen molar-refractivity contribution in [2.75, 3.05) is 6.61 Å². The molecule has 1 aromatic carbocycles. The molecule has 3 aromatic rings. The summed E-state index contributed by atoms with van der Waals surface area (Å²) in [6, 6.07) is 7.75. The fourth-order valence-corrected chi connectivity index (χ4v) is 3.49. The Kier molecular flexibility index (Phi) is 5.04. The second kappa shape index (κ2) is 7.40. The van der Waals surface area contributed by atoms with Crippen molar-refractivity contribution < 1.29 is 23.5 Å². The topological polar surface area (TPSA) is 65.5 Å². The summed E-state index contributed by atoms with van der Waals surface area (Å²) < 4.78 is 25.1. The SMILES string of the molecule is CCOC(=O)c1sc2cccc(F)c2c1COC(=O)c1cccnc1. The molecule has 7 heteroatoms. The normalized spacial score (nSPS) is 10.6. The number of pyridine rings is 1. The molecule has 5 nitrogen and oxygen atoms in total. The second-order valence-corrected chi connectivity index (χ2v) is 6.11. The third kappa shape index (κ3) is 3.51. The molecular weight excluding hydrogens is 345 g/mol. The Labute approximate surface area is 147 Å². The molecule has 0 radical (unpaired) electrons. The van der Waals surface area contributed by atoms with E-state index in [0.717, 1.165) is 11.3 Å². The molecule has 0 unspecified atom stereocenters. The van der Waals surface area contributed by atoms with Crippen LogP contribution in [0.25, 0.3) is 10.1 Å². The van der Waals surface area contributed by atoms with Crippen molar-refractivity contribution in [2.24, 2.45) is 0 Å². The molecule has 0 atom stereocenters. The zero-order valence-electron chi connectivity index (χ0n) is 13.3. The van der Waals surface area contributed by atoms with Crippen LogP contribution in [0, 0.1) is 5.82 Å². The van der Waals surface area contributed by atoms with Gasteiger partial charge in [0.05, 0.1) is 12.2 Å². The Morgan fingerprint density at radius 3 is 2.72 bits per heavy atom. The van der Waals surface area contributed by atoms with E-state index in [1.54, 1.807) is 31.2 Å². The summed E-state index contributed by atoms with van der Waals surface area (Å²) in [5.41, 5.74) is 0.592. The van der Waals surface area contributed by atoms with Crippen molar-refractivity contribution in [3.63, 3.8) is 0 Å². The number of nitrogens with zero attached hydrogens (tertiary/aromatic N) is 1. The maximum absolute atomic E-state index is 14.3. The van der Waals surface area contributed by atoms with Crippen molar-refractivity contribution in [1.29, 1.82) is 0 Å². The van der Waals surface area contributed by atoms with Gasteiger partial charge in [-0.3, -0.25) is 4.98 Å². The number of thiophene rings is 1. The van der Waals surface area contributed by atoms with E-state index < -0.39 is 17.8 Å². The van der Waals surface area contributed by atoms with Gasteiger partial charge in [0.1, 0.15) is 17.3 Å². The highest BCUT2D eigenvalue weighted by Gasteiger charge is 2.23. The molecule has 0 aliphatic carbocycles.